The van der Waals surface area contributed by atoms with Crippen LogP contribution in [-0.4, -0.2) is 19.3 Å². The third kappa shape index (κ3) is 5.10. The summed E-state index contributed by atoms with van der Waals surface area (Å²) in [5.74, 6) is 8.23. The van der Waals surface area contributed by atoms with Crippen LogP contribution in [0.5, 0.6) is 11.5 Å². The van der Waals surface area contributed by atoms with Crippen molar-refractivity contribution < 1.29 is 14.6 Å². The van der Waals surface area contributed by atoms with Crippen molar-refractivity contribution in [1.82, 2.24) is 0 Å². The molecule has 0 aliphatic heterocycles. The Labute approximate surface area is 211 Å². The number of aliphatic hydroxyl groups excluding tert-OH is 1. The standard InChI is InChI=1S/C33H26O3/c1-35-31-16-14-25-18-23(8-10-27(25)20-31)9-11-29(24-6-4-3-5-7-24)22-33(34)30-13-12-28-21-32(36-2)17-15-26(28)19-30/h3-8,10,12-22,33-34H,1-2H3/b29-22+. The smallest absolute Gasteiger partial charge is 0.119 e. The third-order valence-electron chi connectivity index (χ3n) is 6.21. The highest BCUT2D eigenvalue weighted by Crippen LogP contribution is 2.27. The molecule has 36 heavy (non-hydrogen) atoms. The van der Waals surface area contributed by atoms with E-state index in [1.807, 2.05) is 103 Å². The maximum absolute atomic E-state index is 11.1. The van der Waals surface area contributed by atoms with Crippen LogP contribution in [0.3, 0.4) is 0 Å². The molecule has 0 heterocycles. The van der Waals surface area contributed by atoms with E-state index in [0.29, 0.717) is 0 Å². The Balaban J connectivity index is 1.50. The van der Waals surface area contributed by atoms with E-state index in [4.69, 9.17) is 9.47 Å². The van der Waals surface area contributed by atoms with Gasteiger partial charge in [0.15, 0.2) is 0 Å². The van der Waals surface area contributed by atoms with Crippen LogP contribution in [0.2, 0.25) is 0 Å². The second-order valence-corrected chi connectivity index (χ2v) is 8.54. The normalized spacial score (nSPS) is 12.1. The first-order valence-corrected chi connectivity index (χ1v) is 11.8. The lowest BCUT2D eigenvalue weighted by Gasteiger charge is -2.10. The molecule has 1 N–H and O–H groups in total. The maximum Gasteiger partial charge on any atom is 0.119 e. The quantitative estimate of drug-likeness (QED) is 0.277. The first kappa shape index (κ1) is 23.2. The summed E-state index contributed by atoms with van der Waals surface area (Å²) in [6.45, 7) is 0. The van der Waals surface area contributed by atoms with Crippen LogP contribution in [0, 0.1) is 11.8 Å². The minimum absolute atomic E-state index is 0.771. The molecule has 3 heteroatoms. The molecule has 0 saturated carbocycles. The molecule has 0 bridgehead atoms. The number of benzene rings is 5. The fourth-order valence-corrected chi connectivity index (χ4v) is 4.20. The number of hydrogen-bond acceptors (Lipinski definition) is 3. The Morgan fingerprint density at radius 2 is 1.28 bits per heavy atom. The van der Waals surface area contributed by atoms with Gasteiger partial charge >= 0.3 is 0 Å². The molecule has 176 valence electrons. The fraction of sp³-hybridized carbons (Fsp3) is 0.0909. The molecule has 0 fully saturated rings. The van der Waals surface area contributed by atoms with E-state index in [1.165, 1.54) is 0 Å². The van der Waals surface area contributed by atoms with Crippen LogP contribution in [0.25, 0.3) is 27.1 Å². The van der Waals surface area contributed by atoms with Crippen molar-refractivity contribution in [3.05, 3.63) is 126 Å². The molecule has 3 nitrogen and oxygen atoms in total. The molecule has 1 atom stereocenters. The molecule has 0 spiro atoms. The molecule has 0 aliphatic rings. The molecular formula is C33H26O3. The van der Waals surface area contributed by atoms with Crippen molar-refractivity contribution >= 4 is 27.1 Å². The highest BCUT2D eigenvalue weighted by atomic mass is 16.5. The number of fused-ring (bicyclic) bond motifs is 2. The molecular weight excluding hydrogens is 444 g/mol. The summed E-state index contributed by atoms with van der Waals surface area (Å²) >= 11 is 0. The van der Waals surface area contributed by atoms with Crippen LogP contribution in [0.1, 0.15) is 22.8 Å². The highest BCUT2D eigenvalue weighted by Gasteiger charge is 2.09. The number of hydrogen-bond donors (Lipinski definition) is 1. The summed E-state index contributed by atoms with van der Waals surface area (Å²) in [6, 6.07) is 33.9. The first-order valence-electron chi connectivity index (χ1n) is 11.8. The van der Waals surface area contributed by atoms with Gasteiger partial charge in [-0.15, -0.1) is 0 Å². The molecule has 0 aromatic heterocycles. The zero-order valence-electron chi connectivity index (χ0n) is 20.2. The predicted octanol–water partition coefficient (Wildman–Crippen LogP) is 7.18. The van der Waals surface area contributed by atoms with Gasteiger partial charge in [-0.25, -0.2) is 0 Å². The topological polar surface area (TPSA) is 38.7 Å². The molecule has 0 amide bonds. The molecule has 5 rings (SSSR count). The summed E-state index contributed by atoms with van der Waals surface area (Å²) in [7, 11) is 3.33. The maximum atomic E-state index is 11.1. The van der Waals surface area contributed by atoms with Crippen molar-refractivity contribution in [3.63, 3.8) is 0 Å². The minimum atomic E-state index is -0.801. The zero-order chi connectivity index (χ0) is 24.9. The Bertz CT molecular complexity index is 1620. The Hall–Kier alpha value is -4.52. The SMILES string of the molecule is COc1ccc2cc(C#C/C(=C\C(O)c3ccc4cc(OC)ccc4c3)c3ccccc3)ccc2c1. The Morgan fingerprint density at radius 1 is 0.694 bits per heavy atom. The summed E-state index contributed by atoms with van der Waals surface area (Å²) in [4.78, 5) is 0. The van der Waals surface area contributed by atoms with Gasteiger partial charge in [-0.3, -0.25) is 0 Å². The lowest BCUT2D eigenvalue weighted by atomic mass is 9.98. The third-order valence-corrected chi connectivity index (χ3v) is 6.21. The molecule has 5 aromatic carbocycles. The van der Waals surface area contributed by atoms with Crippen LogP contribution in [0.4, 0.5) is 0 Å². The van der Waals surface area contributed by atoms with Crippen LogP contribution < -0.4 is 9.47 Å². The van der Waals surface area contributed by atoms with Gasteiger partial charge in [0, 0.05) is 11.1 Å². The molecule has 1 unspecified atom stereocenters. The second kappa shape index (κ2) is 10.4. The average Bonchev–Trinajstić information content (AvgIpc) is 2.94. The van der Waals surface area contributed by atoms with E-state index in [-0.39, 0.29) is 0 Å². The summed E-state index contributed by atoms with van der Waals surface area (Å²) < 4.78 is 10.6. The lowest BCUT2D eigenvalue weighted by Crippen LogP contribution is -1.95. The van der Waals surface area contributed by atoms with Crippen molar-refractivity contribution in [2.24, 2.45) is 0 Å². The monoisotopic (exact) mass is 470 g/mol. The van der Waals surface area contributed by atoms with Crippen LogP contribution in [-0.2, 0) is 0 Å². The molecule has 0 saturated heterocycles. The van der Waals surface area contributed by atoms with Gasteiger partial charge in [-0.2, -0.15) is 0 Å². The van der Waals surface area contributed by atoms with Crippen molar-refractivity contribution in [3.8, 4) is 23.3 Å². The van der Waals surface area contributed by atoms with E-state index < -0.39 is 6.10 Å². The number of rotatable bonds is 5. The molecule has 5 aromatic rings. The van der Waals surface area contributed by atoms with E-state index in [1.54, 1.807) is 14.2 Å². The van der Waals surface area contributed by atoms with Gasteiger partial charge < -0.3 is 14.6 Å². The number of allylic oxidation sites excluding steroid dienone is 1. The second-order valence-electron chi connectivity index (χ2n) is 8.54. The van der Waals surface area contributed by atoms with Crippen molar-refractivity contribution in [1.29, 1.82) is 0 Å². The number of ether oxygens (including phenoxy) is 2. The zero-order valence-corrected chi connectivity index (χ0v) is 20.2. The van der Waals surface area contributed by atoms with E-state index >= 15 is 0 Å². The summed E-state index contributed by atoms with van der Waals surface area (Å²) in [5.41, 5.74) is 3.44. The first-order chi connectivity index (χ1) is 17.6. The largest absolute Gasteiger partial charge is 0.497 e. The number of methoxy groups -OCH3 is 2. The van der Waals surface area contributed by atoms with Crippen LogP contribution >= 0.6 is 0 Å². The van der Waals surface area contributed by atoms with E-state index in [9.17, 15) is 5.11 Å². The number of aliphatic hydroxyl groups is 1. The van der Waals surface area contributed by atoms with Crippen molar-refractivity contribution in [2.45, 2.75) is 6.10 Å². The van der Waals surface area contributed by atoms with Gasteiger partial charge in [-0.1, -0.05) is 72.5 Å². The van der Waals surface area contributed by atoms with Crippen molar-refractivity contribution in [2.75, 3.05) is 14.2 Å². The van der Waals surface area contributed by atoms with Gasteiger partial charge in [0.2, 0.25) is 0 Å². The molecule has 0 radical (unpaired) electrons. The van der Waals surface area contributed by atoms with Crippen LogP contribution in [0.15, 0.2) is 109 Å². The van der Waals surface area contributed by atoms with E-state index in [2.05, 4.69) is 17.9 Å². The predicted molar refractivity (Wildman–Crippen MR) is 147 cm³/mol. The fourth-order valence-electron chi connectivity index (χ4n) is 4.20. The van der Waals surface area contributed by atoms with E-state index in [0.717, 1.165) is 55.3 Å². The molecule has 0 aliphatic carbocycles. The van der Waals surface area contributed by atoms with Gasteiger partial charge in [0.25, 0.3) is 0 Å². The highest BCUT2D eigenvalue weighted by molar-refractivity contribution is 5.87. The van der Waals surface area contributed by atoms with Gasteiger partial charge in [0.05, 0.1) is 20.3 Å². The summed E-state index contributed by atoms with van der Waals surface area (Å²) in [6.07, 6.45) is 1.02. The summed E-state index contributed by atoms with van der Waals surface area (Å²) in [5, 5.41) is 15.4. The Kier molecular flexibility index (Phi) is 6.71. The van der Waals surface area contributed by atoms with Gasteiger partial charge in [-0.05, 0) is 81.2 Å². The van der Waals surface area contributed by atoms with Gasteiger partial charge in [0.1, 0.15) is 11.5 Å². The Morgan fingerprint density at radius 3 is 1.94 bits per heavy atom. The lowest BCUT2D eigenvalue weighted by molar-refractivity contribution is 0.229. The minimum Gasteiger partial charge on any atom is -0.497 e. The average molecular weight is 471 g/mol.